The number of benzene rings is 12. The first-order chi connectivity index (χ1) is 37.1. The molecule has 0 bridgehead atoms. The standard InChI is InChI=1S/C70H48F2N4/c1-43-13-21-47(22-14-43)55-37-59(49-25-17-45(3)18-26-49)69(61(71)39-55)75(63-11-7-5-9-53(63)41-73)65-35-31-51-30-34-58-66(36-32-52-29-33-57(65)67(51)68(52)58)76(64-12-8-6-10-54(64)42-74)70-60(50-27-19-46(4)20-28-50)38-56(40-62(70)72)48-23-15-44(2)16-24-48/h5-40H,1-4H3. The topological polar surface area (TPSA) is 54.1 Å². The monoisotopic (exact) mass is 982 g/mol. The first-order valence-electron chi connectivity index (χ1n) is 25.3. The Balaban J connectivity index is 1.14. The molecule has 362 valence electrons. The largest absolute Gasteiger partial charge is 0.305 e. The van der Waals surface area contributed by atoms with E-state index < -0.39 is 11.6 Å². The summed E-state index contributed by atoms with van der Waals surface area (Å²) in [7, 11) is 0. The van der Waals surface area contributed by atoms with Crippen molar-refractivity contribution in [3.05, 3.63) is 263 Å². The minimum atomic E-state index is -0.457. The summed E-state index contributed by atoms with van der Waals surface area (Å²) in [6, 6.07) is 75.6. The van der Waals surface area contributed by atoms with E-state index in [1.54, 1.807) is 24.3 Å². The van der Waals surface area contributed by atoms with Crippen LogP contribution in [0.15, 0.2) is 218 Å². The molecule has 0 radical (unpaired) electrons. The molecule has 12 rings (SSSR count). The summed E-state index contributed by atoms with van der Waals surface area (Å²) in [6.45, 7) is 8.13. The zero-order valence-corrected chi connectivity index (χ0v) is 42.3. The van der Waals surface area contributed by atoms with Crippen LogP contribution in [0, 0.1) is 62.0 Å². The number of hydrogen-bond acceptors (Lipinski definition) is 4. The van der Waals surface area contributed by atoms with Crippen molar-refractivity contribution in [2.75, 3.05) is 9.80 Å². The Morgan fingerprint density at radius 3 is 1.01 bits per heavy atom. The van der Waals surface area contributed by atoms with Gasteiger partial charge in [-0.2, -0.15) is 10.5 Å². The second-order valence-electron chi connectivity index (χ2n) is 19.7. The van der Waals surface area contributed by atoms with Crippen molar-refractivity contribution in [2.45, 2.75) is 27.7 Å². The van der Waals surface area contributed by atoms with Crippen LogP contribution >= 0.6 is 0 Å². The van der Waals surface area contributed by atoms with Gasteiger partial charge in [0.2, 0.25) is 0 Å². The summed E-state index contributed by atoms with van der Waals surface area (Å²) >= 11 is 0. The summed E-state index contributed by atoms with van der Waals surface area (Å²) in [5.74, 6) is -0.915. The van der Waals surface area contributed by atoms with Gasteiger partial charge in [0.1, 0.15) is 23.8 Å². The average Bonchev–Trinajstić information content (AvgIpc) is 3.60. The SMILES string of the molecule is Cc1ccc(-c2cc(F)c(N(c3ccccc3C#N)c3ccc4ccc5c(N(c6ccccc6C#N)c6c(F)cc(-c7ccc(C)cc7)cc6-c6ccc(C)cc6)ccc6ccc3c4c65)c(-c3ccc(C)cc3)c2)cc1. The molecule has 4 nitrogen and oxygen atoms in total. The molecule has 0 aromatic heterocycles. The van der Waals surface area contributed by atoms with Gasteiger partial charge in [-0.25, -0.2) is 8.78 Å². The van der Waals surface area contributed by atoms with Crippen LogP contribution in [0.5, 0.6) is 0 Å². The minimum absolute atomic E-state index is 0.297. The van der Waals surface area contributed by atoms with Crippen LogP contribution in [0.25, 0.3) is 76.8 Å². The molecule has 0 saturated carbocycles. The van der Waals surface area contributed by atoms with Crippen molar-refractivity contribution in [1.82, 2.24) is 0 Å². The fourth-order valence-corrected chi connectivity index (χ4v) is 10.8. The lowest BCUT2D eigenvalue weighted by molar-refractivity contribution is 0.629. The fraction of sp³-hybridized carbons (Fsp3) is 0.0571. The van der Waals surface area contributed by atoms with Crippen molar-refractivity contribution >= 4 is 66.4 Å². The third kappa shape index (κ3) is 8.24. The fourth-order valence-electron chi connectivity index (χ4n) is 10.8. The molecule has 0 fully saturated rings. The molecule has 0 heterocycles. The average molecular weight is 983 g/mol. The first-order valence-corrected chi connectivity index (χ1v) is 25.3. The summed E-state index contributed by atoms with van der Waals surface area (Å²) in [6.07, 6.45) is 0. The Hall–Kier alpha value is -9.88. The quantitative estimate of drug-likeness (QED) is 0.128. The van der Waals surface area contributed by atoms with Crippen molar-refractivity contribution in [3.8, 4) is 56.6 Å². The highest BCUT2D eigenvalue weighted by atomic mass is 19.1. The van der Waals surface area contributed by atoms with Crippen LogP contribution in [-0.4, -0.2) is 0 Å². The lowest BCUT2D eigenvalue weighted by atomic mass is 9.90. The van der Waals surface area contributed by atoms with Crippen LogP contribution in [0.2, 0.25) is 0 Å². The normalized spacial score (nSPS) is 11.3. The van der Waals surface area contributed by atoms with Crippen molar-refractivity contribution in [2.24, 2.45) is 0 Å². The van der Waals surface area contributed by atoms with E-state index in [4.69, 9.17) is 0 Å². The summed E-state index contributed by atoms with van der Waals surface area (Å²) in [5.41, 5.74) is 14.2. The molecule has 0 atom stereocenters. The van der Waals surface area contributed by atoms with Gasteiger partial charge in [-0.05, 0) is 143 Å². The molecule has 12 aromatic rings. The molecule has 76 heavy (non-hydrogen) atoms. The van der Waals surface area contributed by atoms with E-state index in [9.17, 15) is 10.5 Å². The Labute approximate surface area is 441 Å². The molecular formula is C70H48F2N4. The number of para-hydroxylation sites is 2. The highest BCUT2D eigenvalue weighted by Gasteiger charge is 2.30. The maximum atomic E-state index is 18.0. The van der Waals surface area contributed by atoms with Crippen LogP contribution in [-0.2, 0) is 0 Å². The van der Waals surface area contributed by atoms with Crippen molar-refractivity contribution in [1.29, 1.82) is 10.5 Å². The Morgan fingerprint density at radius 2 is 0.658 bits per heavy atom. The summed E-state index contributed by atoms with van der Waals surface area (Å²) in [5, 5.41) is 26.9. The van der Waals surface area contributed by atoms with Crippen LogP contribution in [0.4, 0.5) is 42.9 Å². The van der Waals surface area contributed by atoms with E-state index in [0.717, 1.165) is 88.0 Å². The van der Waals surface area contributed by atoms with E-state index in [1.165, 1.54) is 0 Å². The molecule has 0 saturated heterocycles. The van der Waals surface area contributed by atoms with Gasteiger partial charge in [0.05, 0.1) is 45.3 Å². The molecule has 0 unspecified atom stereocenters. The first kappa shape index (κ1) is 47.1. The van der Waals surface area contributed by atoms with Gasteiger partial charge >= 0.3 is 0 Å². The predicted octanol–water partition coefficient (Wildman–Crippen LogP) is 19.4. The number of anilines is 6. The highest BCUT2D eigenvalue weighted by molar-refractivity contribution is 6.28. The second-order valence-corrected chi connectivity index (χ2v) is 19.7. The zero-order valence-electron chi connectivity index (χ0n) is 42.3. The number of nitriles is 2. The third-order valence-electron chi connectivity index (χ3n) is 14.7. The maximum Gasteiger partial charge on any atom is 0.148 e. The van der Waals surface area contributed by atoms with Gasteiger partial charge in [0.15, 0.2) is 0 Å². The van der Waals surface area contributed by atoms with Gasteiger partial charge in [-0.3, -0.25) is 0 Å². The zero-order chi connectivity index (χ0) is 52.2. The van der Waals surface area contributed by atoms with Gasteiger partial charge < -0.3 is 9.80 Å². The smallest absolute Gasteiger partial charge is 0.148 e. The summed E-state index contributed by atoms with van der Waals surface area (Å²) in [4.78, 5) is 3.81. The highest BCUT2D eigenvalue weighted by Crippen LogP contribution is 2.52. The molecule has 0 aliphatic carbocycles. The number of nitrogens with zero attached hydrogens (tertiary/aromatic N) is 4. The Bertz CT molecular complexity index is 4020. The molecule has 0 amide bonds. The summed E-state index contributed by atoms with van der Waals surface area (Å²) < 4.78 is 36.0. The molecule has 0 aliphatic heterocycles. The number of rotatable bonds is 10. The predicted molar refractivity (Wildman–Crippen MR) is 310 cm³/mol. The van der Waals surface area contributed by atoms with E-state index in [1.807, 2.05) is 195 Å². The van der Waals surface area contributed by atoms with Gasteiger partial charge in [0.25, 0.3) is 0 Å². The van der Waals surface area contributed by atoms with Crippen LogP contribution < -0.4 is 9.80 Å². The van der Waals surface area contributed by atoms with E-state index in [2.05, 4.69) is 48.5 Å². The van der Waals surface area contributed by atoms with E-state index in [0.29, 0.717) is 56.4 Å². The number of aryl methyl sites for hydroxylation is 4. The molecule has 6 heteroatoms. The third-order valence-corrected chi connectivity index (χ3v) is 14.7. The second kappa shape index (κ2) is 19.2. The molecule has 12 aromatic carbocycles. The van der Waals surface area contributed by atoms with Gasteiger partial charge in [0, 0.05) is 21.9 Å². The number of hydrogen-bond donors (Lipinski definition) is 0. The molecule has 0 N–H and O–H groups in total. The Kier molecular flexibility index (Phi) is 11.9. The van der Waals surface area contributed by atoms with Crippen LogP contribution in [0.3, 0.4) is 0 Å². The Morgan fingerprint density at radius 1 is 0.329 bits per heavy atom. The molecule has 0 spiro atoms. The van der Waals surface area contributed by atoms with Gasteiger partial charge in [-0.1, -0.05) is 180 Å². The lowest BCUT2D eigenvalue weighted by Gasteiger charge is -2.32. The van der Waals surface area contributed by atoms with Crippen molar-refractivity contribution in [3.63, 3.8) is 0 Å². The molecular weight excluding hydrogens is 935 g/mol. The minimum Gasteiger partial charge on any atom is -0.305 e. The van der Waals surface area contributed by atoms with E-state index >= 15 is 8.78 Å². The number of halogens is 2. The lowest BCUT2D eigenvalue weighted by Crippen LogP contribution is -2.16. The van der Waals surface area contributed by atoms with Crippen LogP contribution in [0.1, 0.15) is 33.4 Å². The van der Waals surface area contributed by atoms with E-state index in [-0.39, 0.29) is 0 Å². The van der Waals surface area contributed by atoms with Crippen molar-refractivity contribution < 1.29 is 8.78 Å². The molecule has 0 aliphatic rings. The maximum absolute atomic E-state index is 18.0. The van der Waals surface area contributed by atoms with Gasteiger partial charge in [-0.15, -0.1) is 0 Å².